The molecule has 0 unspecified atom stereocenters. The molecule has 0 spiro atoms. The molecular formula is C14H9FN2O3. The van der Waals surface area contributed by atoms with Crippen LogP contribution in [0, 0.1) is 34.2 Å². The molecule has 0 saturated heterocycles. The first kappa shape index (κ1) is 13.5. The van der Waals surface area contributed by atoms with Gasteiger partial charge in [0, 0.05) is 12.1 Å². The topological polar surface area (TPSA) is 76.2 Å². The Kier molecular flexibility index (Phi) is 3.62. The summed E-state index contributed by atoms with van der Waals surface area (Å²) in [5.41, 5.74) is 0.408. The summed E-state index contributed by atoms with van der Waals surface area (Å²) in [4.78, 5) is 10.4. The molecule has 2 aromatic carbocycles. The molecule has 6 heteroatoms. The van der Waals surface area contributed by atoms with Gasteiger partial charge < -0.3 is 4.74 Å². The maximum atomic E-state index is 13.3. The second-order valence-corrected chi connectivity index (χ2v) is 4.07. The fourth-order valence-corrected chi connectivity index (χ4v) is 1.72. The molecular weight excluding hydrogens is 263 g/mol. The van der Waals surface area contributed by atoms with Crippen molar-refractivity contribution in [1.29, 1.82) is 5.26 Å². The molecule has 0 bridgehead atoms. The maximum absolute atomic E-state index is 13.3. The highest BCUT2D eigenvalue weighted by Gasteiger charge is 2.18. The molecule has 0 saturated carbocycles. The number of hydrogen-bond donors (Lipinski definition) is 0. The molecule has 0 radical (unpaired) electrons. The number of nitro groups is 1. The average Bonchev–Trinajstić information content (AvgIpc) is 2.40. The van der Waals surface area contributed by atoms with Crippen molar-refractivity contribution in [3.63, 3.8) is 0 Å². The van der Waals surface area contributed by atoms with Crippen molar-refractivity contribution >= 4 is 5.69 Å². The molecule has 0 heterocycles. The van der Waals surface area contributed by atoms with Crippen LogP contribution in [0.25, 0.3) is 0 Å². The normalized spacial score (nSPS) is 9.85. The molecule has 100 valence electrons. The van der Waals surface area contributed by atoms with Crippen LogP contribution in [0.5, 0.6) is 11.5 Å². The van der Waals surface area contributed by atoms with Gasteiger partial charge in [0.2, 0.25) is 5.75 Å². The minimum absolute atomic E-state index is 0.0342. The quantitative estimate of drug-likeness (QED) is 0.630. The molecule has 2 aromatic rings. The van der Waals surface area contributed by atoms with Gasteiger partial charge in [-0.3, -0.25) is 10.1 Å². The summed E-state index contributed by atoms with van der Waals surface area (Å²) >= 11 is 0. The minimum Gasteiger partial charge on any atom is -0.450 e. The van der Waals surface area contributed by atoms with Gasteiger partial charge in [0.1, 0.15) is 11.6 Å². The Morgan fingerprint density at radius 1 is 1.35 bits per heavy atom. The number of benzene rings is 2. The van der Waals surface area contributed by atoms with Gasteiger partial charge in [-0.1, -0.05) is 12.1 Å². The fraction of sp³-hybridized carbons (Fsp3) is 0.0714. The number of nitro benzene ring substituents is 1. The van der Waals surface area contributed by atoms with E-state index in [1.165, 1.54) is 18.2 Å². The predicted octanol–water partition coefficient (Wildman–Crippen LogP) is 3.71. The molecule has 20 heavy (non-hydrogen) atoms. The van der Waals surface area contributed by atoms with Crippen molar-refractivity contribution in [3.05, 3.63) is 63.5 Å². The Morgan fingerprint density at radius 2 is 2.10 bits per heavy atom. The van der Waals surface area contributed by atoms with E-state index in [1.807, 2.05) is 0 Å². The van der Waals surface area contributed by atoms with Crippen molar-refractivity contribution in [2.24, 2.45) is 0 Å². The number of ether oxygens (including phenoxy) is 1. The zero-order valence-electron chi connectivity index (χ0n) is 10.5. The SMILES string of the molecule is Cc1cccc([N+](=O)[O-])c1Oc1cc(F)cc(C#N)c1. The lowest BCUT2D eigenvalue weighted by atomic mass is 10.2. The largest absolute Gasteiger partial charge is 0.450 e. The molecule has 0 aliphatic rings. The third-order valence-electron chi connectivity index (χ3n) is 2.61. The van der Waals surface area contributed by atoms with Crippen LogP contribution in [-0.2, 0) is 0 Å². The fourth-order valence-electron chi connectivity index (χ4n) is 1.72. The maximum Gasteiger partial charge on any atom is 0.311 e. The van der Waals surface area contributed by atoms with Crippen LogP contribution in [0.3, 0.4) is 0 Å². The number of aryl methyl sites for hydroxylation is 1. The molecule has 2 rings (SSSR count). The summed E-state index contributed by atoms with van der Waals surface area (Å²) < 4.78 is 18.7. The molecule has 0 amide bonds. The van der Waals surface area contributed by atoms with Gasteiger partial charge in [0.25, 0.3) is 0 Å². The zero-order valence-corrected chi connectivity index (χ0v) is 10.5. The summed E-state index contributed by atoms with van der Waals surface area (Å²) in [5, 5.41) is 19.7. The minimum atomic E-state index is -0.643. The van der Waals surface area contributed by atoms with Crippen molar-refractivity contribution in [2.75, 3.05) is 0 Å². The number of hydrogen-bond acceptors (Lipinski definition) is 4. The zero-order chi connectivity index (χ0) is 14.7. The van der Waals surface area contributed by atoms with Gasteiger partial charge in [0.05, 0.1) is 16.6 Å². The summed E-state index contributed by atoms with van der Waals surface area (Å²) in [6.07, 6.45) is 0. The molecule has 0 aliphatic carbocycles. The third-order valence-corrected chi connectivity index (χ3v) is 2.61. The lowest BCUT2D eigenvalue weighted by Gasteiger charge is -2.09. The third kappa shape index (κ3) is 2.72. The Morgan fingerprint density at radius 3 is 2.75 bits per heavy atom. The summed E-state index contributed by atoms with van der Waals surface area (Å²) in [6, 6.07) is 9.71. The van der Waals surface area contributed by atoms with E-state index in [9.17, 15) is 14.5 Å². The molecule has 0 aromatic heterocycles. The van der Waals surface area contributed by atoms with E-state index in [1.54, 1.807) is 19.1 Å². The number of nitrogens with zero attached hydrogens (tertiary/aromatic N) is 2. The Bertz CT molecular complexity index is 723. The summed E-state index contributed by atoms with van der Waals surface area (Å²) in [6.45, 7) is 1.65. The highest BCUT2D eigenvalue weighted by Crippen LogP contribution is 2.34. The lowest BCUT2D eigenvalue weighted by Crippen LogP contribution is -1.96. The highest BCUT2D eigenvalue weighted by atomic mass is 19.1. The van der Waals surface area contributed by atoms with Crippen LogP contribution >= 0.6 is 0 Å². The van der Waals surface area contributed by atoms with E-state index in [4.69, 9.17) is 10.00 Å². The van der Waals surface area contributed by atoms with Crippen molar-refractivity contribution in [2.45, 2.75) is 6.92 Å². The molecule has 0 N–H and O–H groups in total. The van der Waals surface area contributed by atoms with Gasteiger partial charge in [-0.2, -0.15) is 5.26 Å². The Hall–Kier alpha value is -2.94. The Balaban J connectivity index is 2.48. The predicted molar refractivity (Wildman–Crippen MR) is 69.0 cm³/mol. The average molecular weight is 272 g/mol. The van der Waals surface area contributed by atoms with Crippen LogP contribution in [0.1, 0.15) is 11.1 Å². The second kappa shape index (κ2) is 5.36. The summed E-state index contributed by atoms with van der Waals surface area (Å²) in [7, 11) is 0. The van der Waals surface area contributed by atoms with Gasteiger partial charge in [-0.15, -0.1) is 0 Å². The number of rotatable bonds is 3. The number of nitriles is 1. The number of para-hydroxylation sites is 1. The van der Waals surface area contributed by atoms with Crippen LogP contribution in [0.2, 0.25) is 0 Å². The van der Waals surface area contributed by atoms with E-state index in [2.05, 4.69) is 0 Å². The van der Waals surface area contributed by atoms with Crippen LogP contribution < -0.4 is 4.74 Å². The van der Waals surface area contributed by atoms with Crippen molar-refractivity contribution < 1.29 is 14.1 Å². The highest BCUT2D eigenvalue weighted by molar-refractivity contribution is 5.53. The standard InChI is InChI=1S/C14H9FN2O3/c1-9-3-2-4-13(17(18)19)14(9)20-12-6-10(8-16)5-11(15)7-12/h2-7H,1H3. The van der Waals surface area contributed by atoms with E-state index < -0.39 is 10.7 Å². The molecule has 0 atom stereocenters. The monoisotopic (exact) mass is 272 g/mol. The molecule has 0 aliphatic heterocycles. The van der Waals surface area contributed by atoms with Crippen molar-refractivity contribution in [3.8, 4) is 17.6 Å². The van der Waals surface area contributed by atoms with Crippen LogP contribution in [-0.4, -0.2) is 4.92 Å². The van der Waals surface area contributed by atoms with Crippen molar-refractivity contribution in [1.82, 2.24) is 0 Å². The Labute approximate surface area is 114 Å². The van der Waals surface area contributed by atoms with E-state index in [0.29, 0.717) is 5.56 Å². The van der Waals surface area contributed by atoms with Gasteiger partial charge >= 0.3 is 5.69 Å². The first-order valence-electron chi connectivity index (χ1n) is 5.64. The van der Waals surface area contributed by atoms with Gasteiger partial charge in [-0.05, 0) is 24.6 Å². The van der Waals surface area contributed by atoms with Gasteiger partial charge in [-0.25, -0.2) is 4.39 Å². The van der Waals surface area contributed by atoms with Crippen LogP contribution in [0.4, 0.5) is 10.1 Å². The second-order valence-electron chi connectivity index (χ2n) is 4.07. The van der Waals surface area contributed by atoms with E-state index in [-0.39, 0.29) is 22.7 Å². The number of halogens is 1. The van der Waals surface area contributed by atoms with E-state index in [0.717, 1.165) is 12.1 Å². The lowest BCUT2D eigenvalue weighted by molar-refractivity contribution is -0.385. The summed E-state index contributed by atoms with van der Waals surface area (Å²) in [5.74, 6) is -0.568. The van der Waals surface area contributed by atoms with Crippen LogP contribution in [0.15, 0.2) is 36.4 Å². The smallest absolute Gasteiger partial charge is 0.311 e. The molecule has 5 nitrogen and oxygen atoms in total. The first-order chi connectivity index (χ1) is 9.51. The first-order valence-corrected chi connectivity index (χ1v) is 5.64. The molecule has 0 fully saturated rings. The van der Waals surface area contributed by atoms with Gasteiger partial charge in [0.15, 0.2) is 0 Å². The van der Waals surface area contributed by atoms with E-state index >= 15 is 0 Å².